The Hall–Kier alpha value is -1.83. The minimum atomic E-state index is 0.113. The van der Waals surface area contributed by atoms with Crippen molar-refractivity contribution >= 4 is 5.78 Å². The second kappa shape index (κ2) is 3.73. The van der Waals surface area contributed by atoms with Crippen LogP contribution in [0.25, 0.3) is 5.69 Å². The first kappa shape index (κ1) is 9.71. The van der Waals surface area contributed by atoms with Crippen LogP contribution in [0.4, 0.5) is 0 Å². The van der Waals surface area contributed by atoms with Gasteiger partial charge in [0, 0.05) is 23.6 Å². The topological polar surface area (TPSA) is 22.0 Å². The van der Waals surface area contributed by atoms with Crippen molar-refractivity contribution in [1.29, 1.82) is 0 Å². The van der Waals surface area contributed by atoms with E-state index in [1.54, 1.807) is 6.92 Å². The van der Waals surface area contributed by atoms with Crippen molar-refractivity contribution < 1.29 is 4.79 Å². The molecule has 0 amide bonds. The van der Waals surface area contributed by atoms with Crippen LogP contribution in [0, 0.1) is 6.92 Å². The zero-order valence-corrected chi connectivity index (χ0v) is 8.90. The van der Waals surface area contributed by atoms with E-state index in [4.69, 9.17) is 0 Å². The number of hydrogen-bond acceptors (Lipinski definition) is 1. The molecular weight excluding hydrogens is 186 g/mol. The van der Waals surface area contributed by atoms with Crippen LogP contribution in [-0.2, 0) is 0 Å². The molecule has 0 aliphatic carbocycles. The maximum absolute atomic E-state index is 11.4. The molecule has 0 bridgehead atoms. The molecule has 2 heteroatoms. The summed E-state index contributed by atoms with van der Waals surface area (Å²) in [5.74, 6) is 0.113. The molecule has 0 saturated heterocycles. The molecule has 2 nitrogen and oxygen atoms in total. The van der Waals surface area contributed by atoms with Crippen LogP contribution in [-0.4, -0.2) is 10.4 Å². The van der Waals surface area contributed by atoms with E-state index in [9.17, 15) is 4.79 Å². The summed E-state index contributed by atoms with van der Waals surface area (Å²) in [5, 5.41) is 0. The van der Waals surface area contributed by atoms with Gasteiger partial charge in [-0.3, -0.25) is 4.79 Å². The number of aryl methyl sites for hydroxylation is 1. The highest BCUT2D eigenvalue weighted by Gasteiger charge is 2.05. The van der Waals surface area contributed by atoms with Gasteiger partial charge in [0.25, 0.3) is 0 Å². The van der Waals surface area contributed by atoms with Gasteiger partial charge >= 0.3 is 0 Å². The lowest BCUT2D eigenvalue weighted by molar-refractivity contribution is 0.101. The fourth-order valence-electron chi connectivity index (χ4n) is 1.66. The van der Waals surface area contributed by atoms with Crippen molar-refractivity contribution in [3.63, 3.8) is 0 Å². The molecule has 15 heavy (non-hydrogen) atoms. The van der Waals surface area contributed by atoms with Crippen LogP contribution < -0.4 is 0 Å². The highest BCUT2D eigenvalue weighted by molar-refractivity contribution is 5.96. The molecule has 0 saturated carbocycles. The summed E-state index contributed by atoms with van der Waals surface area (Å²) in [5.41, 5.74) is 2.84. The Bertz CT molecular complexity index is 483. The summed E-state index contributed by atoms with van der Waals surface area (Å²) < 4.78 is 1.99. The third kappa shape index (κ3) is 1.84. The standard InChI is InChI=1S/C13H13NO/c1-10-5-6-12(9-13(10)11(2)15)14-7-3-4-8-14/h3-9H,1-2H3. The lowest BCUT2D eigenvalue weighted by Crippen LogP contribution is -1.99. The average Bonchev–Trinajstić information content (AvgIpc) is 2.71. The number of nitrogens with zero attached hydrogens (tertiary/aromatic N) is 1. The Morgan fingerprint density at radius 2 is 1.87 bits per heavy atom. The molecule has 1 aromatic heterocycles. The third-order valence-corrected chi connectivity index (χ3v) is 2.50. The van der Waals surface area contributed by atoms with Gasteiger partial charge in [-0.15, -0.1) is 0 Å². The van der Waals surface area contributed by atoms with Gasteiger partial charge in [-0.05, 0) is 43.7 Å². The molecule has 76 valence electrons. The van der Waals surface area contributed by atoms with E-state index < -0.39 is 0 Å². The van der Waals surface area contributed by atoms with Gasteiger partial charge in [0.1, 0.15) is 0 Å². The van der Waals surface area contributed by atoms with Gasteiger partial charge in [-0.2, -0.15) is 0 Å². The number of carbonyl (C=O) groups is 1. The van der Waals surface area contributed by atoms with E-state index in [0.717, 1.165) is 16.8 Å². The Kier molecular flexibility index (Phi) is 2.42. The fourth-order valence-corrected chi connectivity index (χ4v) is 1.66. The van der Waals surface area contributed by atoms with Gasteiger partial charge in [-0.1, -0.05) is 6.07 Å². The smallest absolute Gasteiger partial charge is 0.160 e. The number of benzene rings is 1. The molecule has 1 heterocycles. The molecule has 0 unspecified atom stereocenters. The molecule has 0 aliphatic heterocycles. The molecule has 0 atom stereocenters. The van der Waals surface area contributed by atoms with E-state index in [-0.39, 0.29) is 5.78 Å². The summed E-state index contributed by atoms with van der Waals surface area (Å²) in [4.78, 5) is 11.4. The molecule has 0 radical (unpaired) electrons. The summed E-state index contributed by atoms with van der Waals surface area (Å²) in [6.07, 6.45) is 3.93. The van der Waals surface area contributed by atoms with Crippen LogP contribution in [0.15, 0.2) is 42.7 Å². The van der Waals surface area contributed by atoms with Crippen molar-refractivity contribution in [2.24, 2.45) is 0 Å². The largest absolute Gasteiger partial charge is 0.324 e. The van der Waals surface area contributed by atoms with Crippen LogP contribution in [0.2, 0.25) is 0 Å². The lowest BCUT2D eigenvalue weighted by atomic mass is 10.0. The van der Waals surface area contributed by atoms with Crippen molar-refractivity contribution in [3.05, 3.63) is 53.9 Å². The Morgan fingerprint density at radius 3 is 2.47 bits per heavy atom. The second-order valence-corrected chi connectivity index (χ2v) is 3.65. The van der Waals surface area contributed by atoms with Gasteiger partial charge < -0.3 is 4.57 Å². The molecule has 0 spiro atoms. The highest BCUT2D eigenvalue weighted by Crippen LogP contribution is 2.15. The summed E-state index contributed by atoms with van der Waals surface area (Å²) in [7, 11) is 0. The van der Waals surface area contributed by atoms with E-state index in [0.29, 0.717) is 0 Å². The Balaban J connectivity index is 2.52. The van der Waals surface area contributed by atoms with Gasteiger partial charge in [0.15, 0.2) is 5.78 Å². The van der Waals surface area contributed by atoms with Crippen molar-refractivity contribution in [2.75, 3.05) is 0 Å². The normalized spacial score (nSPS) is 10.3. The van der Waals surface area contributed by atoms with Crippen molar-refractivity contribution in [1.82, 2.24) is 4.57 Å². The average molecular weight is 199 g/mol. The molecular formula is C13H13NO. The van der Waals surface area contributed by atoms with Crippen molar-refractivity contribution in [2.45, 2.75) is 13.8 Å². The zero-order valence-electron chi connectivity index (χ0n) is 8.90. The Labute approximate surface area is 89.2 Å². The number of ketones is 1. The SMILES string of the molecule is CC(=O)c1cc(-n2cccc2)ccc1C. The first-order chi connectivity index (χ1) is 7.18. The van der Waals surface area contributed by atoms with Crippen LogP contribution in [0.1, 0.15) is 22.8 Å². The van der Waals surface area contributed by atoms with Crippen LogP contribution in [0.5, 0.6) is 0 Å². The minimum absolute atomic E-state index is 0.113. The van der Waals surface area contributed by atoms with Gasteiger partial charge in [0.05, 0.1) is 0 Å². The molecule has 0 N–H and O–H groups in total. The van der Waals surface area contributed by atoms with E-state index >= 15 is 0 Å². The third-order valence-electron chi connectivity index (χ3n) is 2.50. The van der Waals surface area contributed by atoms with E-state index in [1.807, 2.05) is 54.2 Å². The summed E-state index contributed by atoms with van der Waals surface area (Å²) >= 11 is 0. The zero-order chi connectivity index (χ0) is 10.8. The number of aromatic nitrogens is 1. The molecule has 1 aromatic carbocycles. The first-order valence-corrected chi connectivity index (χ1v) is 4.93. The van der Waals surface area contributed by atoms with Crippen LogP contribution >= 0.6 is 0 Å². The monoisotopic (exact) mass is 199 g/mol. The van der Waals surface area contributed by atoms with E-state index in [2.05, 4.69) is 0 Å². The number of Topliss-reactive ketones (excluding diaryl/α,β-unsaturated/α-hetero) is 1. The Morgan fingerprint density at radius 1 is 1.20 bits per heavy atom. The van der Waals surface area contributed by atoms with Gasteiger partial charge in [-0.25, -0.2) is 0 Å². The molecule has 0 fully saturated rings. The first-order valence-electron chi connectivity index (χ1n) is 4.93. The predicted molar refractivity (Wildman–Crippen MR) is 60.5 cm³/mol. The minimum Gasteiger partial charge on any atom is -0.324 e. The quantitative estimate of drug-likeness (QED) is 0.681. The fraction of sp³-hybridized carbons (Fsp3) is 0.154. The predicted octanol–water partition coefficient (Wildman–Crippen LogP) is 2.99. The molecule has 0 aliphatic rings. The van der Waals surface area contributed by atoms with Crippen LogP contribution in [0.3, 0.4) is 0 Å². The second-order valence-electron chi connectivity index (χ2n) is 3.65. The number of hydrogen-bond donors (Lipinski definition) is 0. The maximum Gasteiger partial charge on any atom is 0.160 e. The maximum atomic E-state index is 11.4. The number of rotatable bonds is 2. The van der Waals surface area contributed by atoms with Gasteiger partial charge in [0.2, 0.25) is 0 Å². The summed E-state index contributed by atoms with van der Waals surface area (Å²) in [6, 6.07) is 9.85. The lowest BCUT2D eigenvalue weighted by Gasteiger charge is -2.07. The molecule has 2 aromatic rings. The highest BCUT2D eigenvalue weighted by atomic mass is 16.1. The van der Waals surface area contributed by atoms with E-state index in [1.165, 1.54) is 0 Å². The summed E-state index contributed by atoms with van der Waals surface area (Å²) in [6.45, 7) is 3.55. The molecule has 2 rings (SSSR count). The van der Waals surface area contributed by atoms with Crippen molar-refractivity contribution in [3.8, 4) is 5.69 Å². The number of carbonyl (C=O) groups excluding carboxylic acids is 1.